The van der Waals surface area contributed by atoms with E-state index in [-0.39, 0.29) is 10.8 Å². The molecule has 30 heavy (non-hydrogen) atoms. The van der Waals surface area contributed by atoms with Crippen LogP contribution in [0.15, 0.2) is 53.4 Å². The monoisotopic (exact) mass is 448 g/mol. The molecule has 3 rings (SSSR count). The Morgan fingerprint density at radius 2 is 1.70 bits per heavy atom. The van der Waals surface area contributed by atoms with E-state index in [0.29, 0.717) is 16.3 Å². The third-order valence-corrected chi connectivity index (χ3v) is 7.40. The van der Waals surface area contributed by atoms with Crippen LogP contribution in [0.2, 0.25) is 5.02 Å². The molecule has 0 radical (unpaired) electrons. The molecule has 0 fully saturated rings. The molecule has 0 aliphatic carbocycles. The van der Waals surface area contributed by atoms with Crippen molar-refractivity contribution in [3.63, 3.8) is 0 Å². The fourth-order valence-electron chi connectivity index (χ4n) is 3.18. The number of hydrogen-bond donors (Lipinski definition) is 2. The van der Waals surface area contributed by atoms with E-state index in [0.717, 1.165) is 17.8 Å². The maximum Gasteiger partial charge on any atom is 0.321 e. The Bertz CT molecular complexity index is 1230. The van der Waals surface area contributed by atoms with Gasteiger partial charge in [0.2, 0.25) is 0 Å². The second kappa shape index (κ2) is 8.12. The lowest BCUT2D eigenvalue weighted by atomic mass is 10.1. The largest absolute Gasteiger partial charge is 0.480 e. The molecular weight excluding hydrogens is 428 g/mol. The van der Waals surface area contributed by atoms with Crippen molar-refractivity contribution in [3.8, 4) is 0 Å². The first-order valence-corrected chi connectivity index (χ1v) is 11.1. The number of carbonyl (C=O) groups is 2. The number of carboxylic acid groups (broad SMARTS) is 1. The highest BCUT2D eigenvalue weighted by molar-refractivity contribution is 7.92. The average Bonchev–Trinajstić information content (AvgIpc) is 3.03. The van der Waals surface area contributed by atoms with Gasteiger partial charge in [0.25, 0.3) is 5.91 Å². The molecule has 9 heteroatoms. The molecule has 2 unspecified atom stereocenters. The number of carbonyl (C=O) groups excluding carboxylic acids is 1. The van der Waals surface area contributed by atoms with Crippen LogP contribution < -0.4 is 5.32 Å². The van der Waals surface area contributed by atoms with E-state index in [1.54, 1.807) is 48.9 Å². The van der Waals surface area contributed by atoms with Crippen LogP contribution in [0, 0.1) is 0 Å². The number of carboxylic acids is 1. The summed E-state index contributed by atoms with van der Waals surface area (Å²) >= 11 is 6.02. The third kappa shape index (κ3) is 4.06. The van der Waals surface area contributed by atoms with E-state index in [1.807, 2.05) is 6.07 Å². The predicted octanol–water partition coefficient (Wildman–Crippen LogP) is 3.57. The number of nitrogens with one attached hydrogen (secondary N) is 1. The van der Waals surface area contributed by atoms with Gasteiger partial charge in [-0.05, 0) is 55.8 Å². The number of halogens is 1. The average molecular weight is 449 g/mol. The van der Waals surface area contributed by atoms with Crippen molar-refractivity contribution in [2.75, 3.05) is 0 Å². The van der Waals surface area contributed by atoms with Gasteiger partial charge in [0.1, 0.15) is 5.69 Å². The predicted molar refractivity (Wildman–Crippen MR) is 115 cm³/mol. The number of benzene rings is 2. The van der Waals surface area contributed by atoms with Gasteiger partial charge in [0, 0.05) is 23.0 Å². The van der Waals surface area contributed by atoms with Crippen molar-refractivity contribution in [1.82, 2.24) is 9.88 Å². The molecule has 1 amide bonds. The van der Waals surface area contributed by atoms with Gasteiger partial charge >= 0.3 is 5.97 Å². The molecule has 0 saturated heterocycles. The molecule has 1 heterocycles. The molecule has 2 N–H and O–H groups in total. The summed E-state index contributed by atoms with van der Waals surface area (Å²) in [4.78, 5) is 23.7. The van der Waals surface area contributed by atoms with Crippen molar-refractivity contribution in [1.29, 1.82) is 0 Å². The number of amides is 1. The molecule has 0 saturated carbocycles. The van der Waals surface area contributed by atoms with Crippen molar-refractivity contribution in [3.05, 3.63) is 64.8 Å². The Labute approximate surface area is 179 Å². The summed E-state index contributed by atoms with van der Waals surface area (Å²) in [6, 6.07) is 12.6. The summed E-state index contributed by atoms with van der Waals surface area (Å²) in [6.07, 6.45) is 0. The van der Waals surface area contributed by atoms with Crippen molar-refractivity contribution in [2.45, 2.75) is 30.0 Å². The van der Waals surface area contributed by atoms with Gasteiger partial charge in [-0.2, -0.15) is 0 Å². The highest BCUT2D eigenvalue weighted by atomic mass is 35.5. The van der Waals surface area contributed by atoms with Crippen molar-refractivity contribution in [2.24, 2.45) is 7.05 Å². The minimum Gasteiger partial charge on any atom is -0.480 e. The molecule has 2 aromatic carbocycles. The highest BCUT2D eigenvalue weighted by Crippen LogP contribution is 2.24. The molecule has 2 atom stereocenters. The summed E-state index contributed by atoms with van der Waals surface area (Å²) in [7, 11) is -2.18. The fraction of sp³-hybridized carbons (Fsp3) is 0.238. The fourth-order valence-corrected chi connectivity index (χ4v) is 4.54. The van der Waals surface area contributed by atoms with Crippen LogP contribution in [0.25, 0.3) is 10.9 Å². The molecule has 158 valence electrons. The summed E-state index contributed by atoms with van der Waals surface area (Å²) in [6.45, 7) is 2.91. The second-order valence-corrected chi connectivity index (χ2v) is 9.79. The molecular formula is C21H21ClN2O5S. The van der Waals surface area contributed by atoms with Gasteiger partial charge in [-0.1, -0.05) is 23.7 Å². The summed E-state index contributed by atoms with van der Waals surface area (Å²) in [5.74, 6) is -1.69. The first kappa shape index (κ1) is 21.9. The van der Waals surface area contributed by atoms with Gasteiger partial charge in [0.15, 0.2) is 15.1 Å². The Morgan fingerprint density at radius 1 is 1.07 bits per heavy atom. The summed E-state index contributed by atoms with van der Waals surface area (Å²) < 4.78 is 26.4. The number of aliphatic carboxylic acids is 1. The molecule has 0 aliphatic heterocycles. The van der Waals surface area contributed by atoms with Crippen LogP contribution in [0.5, 0.6) is 0 Å². The normalized spacial score (nSPS) is 13.7. The Kier molecular flexibility index (Phi) is 5.92. The summed E-state index contributed by atoms with van der Waals surface area (Å²) in [5, 5.41) is 11.8. The number of nitrogens with zero attached hydrogens (tertiary/aromatic N) is 1. The van der Waals surface area contributed by atoms with E-state index >= 15 is 0 Å². The van der Waals surface area contributed by atoms with Crippen LogP contribution >= 0.6 is 11.6 Å². The van der Waals surface area contributed by atoms with Crippen LogP contribution in [-0.2, 0) is 21.7 Å². The van der Waals surface area contributed by atoms with Gasteiger partial charge in [-0.15, -0.1) is 0 Å². The topological polar surface area (TPSA) is 105 Å². The Hall–Kier alpha value is -2.84. The van der Waals surface area contributed by atoms with E-state index in [2.05, 4.69) is 5.32 Å². The van der Waals surface area contributed by atoms with Crippen LogP contribution in [-0.4, -0.2) is 35.2 Å². The number of aromatic nitrogens is 1. The lowest BCUT2D eigenvalue weighted by Gasteiger charge is -2.16. The SMILES string of the molecule is CC(NC(=O)c1cc2cc(Cl)ccc2n1C)c1ccc(S(=O)(=O)C(C)C(=O)O)cc1. The molecule has 0 aliphatic rings. The van der Waals surface area contributed by atoms with E-state index in [1.165, 1.54) is 12.1 Å². The quantitative estimate of drug-likeness (QED) is 0.599. The third-order valence-electron chi connectivity index (χ3n) is 5.11. The van der Waals surface area contributed by atoms with Crippen molar-refractivity contribution < 1.29 is 23.1 Å². The standard InChI is InChI=1S/C21H21ClN2O5S/c1-12(14-4-7-17(8-5-14)30(28,29)13(2)21(26)27)23-20(25)19-11-15-10-16(22)6-9-18(15)24(19)3/h4-13H,1-3H3,(H,23,25)(H,26,27). The number of sulfone groups is 1. The van der Waals surface area contributed by atoms with Gasteiger partial charge < -0.3 is 15.0 Å². The number of fused-ring (bicyclic) bond motifs is 1. The molecule has 0 spiro atoms. The zero-order chi connectivity index (χ0) is 22.2. The lowest BCUT2D eigenvalue weighted by Crippen LogP contribution is -2.28. The zero-order valence-electron chi connectivity index (χ0n) is 16.6. The second-order valence-electron chi connectivity index (χ2n) is 7.08. The lowest BCUT2D eigenvalue weighted by molar-refractivity contribution is -0.136. The number of hydrogen-bond acceptors (Lipinski definition) is 4. The van der Waals surface area contributed by atoms with Gasteiger partial charge in [-0.3, -0.25) is 9.59 Å². The van der Waals surface area contributed by atoms with Gasteiger partial charge in [-0.25, -0.2) is 8.42 Å². The maximum absolute atomic E-state index is 12.8. The molecule has 0 bridgehead atoms. The van der Waals surface area contributed by atoms with E-state index < -0.39 is 27.1 Å². The molecule has 7 nitrogen and oxygen atoms in total. The Balaban J connectivity index is 1.79. The first-order valence-electron chi connectivity index (χ1n) is 9.15. The number of aryl methyl sites for hydroxylation is 1. The zero-order valence-corrected chi connectivity index (χ0v) is 18.2. The molecule has 3 aromatic rings. The summed E-state index contributed by atoms with van der Waals surface area (Å²) in [5.41, 5.74) is 2.03. The van der Waals surface area contributed by atoms with Crippen LogP contribution in [0.4, 0.5) is 0 Å². The van der Waals surface area contributed by atoms with E-state index in [9.17, 15) is 18.0 Å². The van der Waals surface area contributed by atoms with Gasteiger partial charge in [0.05, 0.1) is 10.9 Å². The Morgan fingerprint density at radius 3 is 2.30 bits per heavy atom. The highest BCUT2D eigenvalue weighted by Gasteiger charge is 2.29. The maximum atomic E-state index is 12.8. The molecule has 1 aromatic heterocycles. The van der Waals surface area contributed by atoms with E-state index in [4.69, 9.17) is 16.7 Å². The minimum absolute atomic E-state index is 0.0785. The minimum atomic E-state index is -3.97. The van der Waals surface area contributed by atoms with Crippen LogP contribution in [0.1, 0.15) is 35.9 Å². The smallest absolute Gasteiger partial charge is 0.321 e. The number of rotatable bonds is 6. The van der Waals surface area contributed by atoms with Crippen LogP contribution in [0.3, 0.4) is 0 Å². The van der Waals surface area contributed by atoms with Crippen molar-refractivity contribution >= 4 is 44.2 Å². The first-order chi connectivity index (χ1) is 14.0.